The van der Waals surface area contributed by atoms with Gasteiger partial charge in [0.1, 0.15) is 0 Å². The molecule has 0 fully saturated rings. The van der Waals surface area contributed by atoms with Crippen molar-refractivity contribution < 1.29 is 8.42 Å². The standard InChI is InChI=1S/C20H27N3O2S/c1-3-17-10-8-9-11-18(17)16-23-20(21-4-2)22-14-15-26(24,25)19-12-6-5-7-13-19/h5-13H,3-4,14-16H2,1-2H3,(H2,21,22,23). The molecule has 2 aromatic carbocycles. The summed E-state index contributed by atoms with van der Waals surface area (Å²) in [6, 6.07) is 16.7. The van der Waals surface area contributed by atoms with E-state index in [1.807, 2.05) is 19.1 Å². The predicted octanol–water partition coefficient (Wildman–Crippen LogP) is 2.78. The first-order valence-electron chi connectivity index (χ1n) is 8.93. The molecule has 0 amide bonds. The maximum Gasteiger partial charge on any atom is 0.191 e. The fourth-order valence-electron chi connectivity index (χ4n) is 2.61. The number of guanidine groups is 1. The number of aryl methyl sites for hydroxylation is 1. The molecular formula is C20H27N3O2S. The Balaban J connectivity index is 1.97. The van der Waals surface area contributed by atoms with Crippen molar-refractivity contribution in [1.29, 1.82) is 0 Å². The summed E-state index contributed by atoms with van der Waals surface area (Å²) in [5, 5.41) is 6.27. The fourth-order valence-corrected chi connectivity index (χ4v) is 3.79. The van der Waals surface area contributed by atoms with Crippen LogP contribution in [0.1, 0.15) is 25.0 Å². The molecule has 0 saturated carbocycles. The molecule has 0 saturated heterocycles. The molecular weight excluding hydrogens is 346 g/mol. The van der Waals surface area contributed by atoms with Gasteiger partial charge in [0.05, 0.1) is 17.2 Å². The summed E-state index contributed by atoms with van der Waals surface area (Å²) in [5.41, 5.74) is 2.46. The second-order valence-electron chi connectivity index (χ2n) is 5.88. The van der Waals surface area contributed by atoms with Crippen LogP contribution in [0.5, 0.6) is 0 Å². The highest BCUT2D eigenvalue weighted by Gasteiger charge is 2.13. The molecule has 0 heterocycles. The lowest BCUT2D eigenvalue weighted by molar-refractivity contribution is 0.594. The molecule has 26 heavy (non-hydrogen) atoms. The van der Waals surface area contributed by atoms with E-state index >= 15 is 0 Å². The van der Waals surface area contributed by atoms with Crippen molar-refractivity contribution in [3.8, 4) is 0 Å². The first kappa shape index (κ1) is 20.0. The third-order valence-corrected chi connectivity index (χ3v) is 5.75. The van der Waals surface area contributed by atoms with Gasteiger partial charge in [0.25, 0.3) is 0 Å². The summed E-state index contributed by atoms with van der Waals surface area (Å²) in [4.78, 5) is 4.93. The molecule has 0 radical (unpaired) electrons. The number of aliphatic imine (C=N–C) groups is 1. The Morgan fingerprint density at radius 1 is 0.923 bits per heavy atom. The maximum absolute atomic E-state index is 12.3. The van der Waals surface area contributed by atoms with Crippen LogP contribution in [0.15, 0.2) is 64.5 Å². The van der Waals surface area contributed by atoms with Crippen LogP contribution in [0, 0.1) is 0 Å². The van der Waals surface area contributed by atoms with E-state index < -0.39 is 9.84 Å². The van der Waals surface area contributed by atoms with Gasteiger partial charge in [0.15, 0.2) is 15.8 Å². The van der Waals surface area contributed by atoms with E-state index in [-0.39, 0.29) is 5.75 Å². The third kappa shape index (κ3) is 5.88. The Kier molecular flexibility index (Phi) is 7.66. The number of nitrogens with zero attached hydrogens (tertiary/aromatic N) is 1. The van der Waals surface area contributed by atoms with Crippen LogP contribution in [-0.4, -0.2) is 33.2 Å². The second-order valence-corrected chi connectivity index (χ2v) is 7.99. The van der Waals surface area contributed by atoms with Gasteiger partial charge in [-0.15, -0.1) is 0 Å². The molecule has 0 atom stereocenters. The fraction of sp³-hybridized carbons (Fsp3) is 0.350. The van der Waals surface area contributed by atoms with Gasteiger partial charge in [-0.05, 0) is 36.6 Å². The van der Waals surface area contributed by atoms with Crippen LogP contribution in [0.4, 0.5) is 0 Å². The molecule has 0 spiro atoms. The van der Waals surface area contributed by atoms with Crippen LogP contribution >= 0.6 is 0 Å². The average Bonchev–Trinajstić information content (AvgIpc) is 2.67. The van der Waals surface area contributed by atoms with Gasteiger partial charge in [-0.3, -0.25) is 0 Å². The topological polar surface area (TPSA) is 70.6 Å². The summed E-state index contributed by atoms with van der Waals surface area (Å²) < 4.78 is 24.7. The van der Waals surface area contributed by atoms with E-state index in [2.05, 4.69) is 34.7 Å². The van der Waals surface area contributed by atoms with Crippen molar-refractivity contribution in [2.24, 2.45) is 4.99 Å². The molecule has 6 heteroatoms. The normalized spacial score (nSPS) is 12.0. The van der Waals surface area contributed by atoms with Crippen molar-refractivity contribution >= 4 is 15.8 Å². The van der Waals surface area contributed by atoms with E-state index in [1.54, 1.807) is 30.3 Å². The zero-order chi connectivity index (χ0) is 18.8. The largest absolute Gasteiger partial charge is 0.357 e. The van der Waals surface area contributed by atoms with Gasteiger partial charge in [-0.25, -0.2) is 13.4 Å². The predicted molar refractivity (Wildman–Crippen MR) is 107 cm³/mol. The highest BCUT2D eigenvalue weighted by Crippen LogP contribution is 2.11. The minimum Gasteiger partial charge on any atom is -0.357 e. The number of hydrogen-bond acceptors (Lipinski definition) is 3. The first-order valence-corrected chi connectivity index (χ1v) is 10.6. The van der Waals surface area contributed by atoms with Crippen LogP contribution in [0.3, 0.4) is 0 Å². The highest BCUT2D eigenvalue weighted by molar-refractivity contribution is 7.91. The summed E-state index contributed by atoms with van der Waals surface area (Å²) in [6.07, 6.45) is 0.963. The zero-order valence-electron chi connectivity index (χ0n) is 15.4. The van der Waals surface area contributed by atoms with E-state index in [1.165, 1.54) is 11.1 Å². The Morgan fingerprint density at radius 3 is 2.23 bits per heavy atom. The summed E-state index contributed by atoms with van der Waals surface area (Å²) in [5.74, 6) is 0.647. The van der Waals surface area contributed by atoms with Gasteiger partial charge < -0.3 is 10.6 Å². The molecule has 0 aliphatic carbocycles. The number of benzene rings is 2. The van der Waals surface area contributed by atoms with E-state index in [4.69, 9.17) is 0 Å². The quantitative estimate of drug-likeness (QED) is 0.551. The summed E-state index contributed by atoms with van der Waals surface area (Å²) in [6.45, 7) is 5.69. The van der Waals surface area contributed by atoms with Crippen molar-refractivity contribution in [2.45, 2.75) is 31.7 Å². The maximum atomic E-state index is 12.3. The summed E-state index contributed by atoms with van der Waals surface area (Å²) in [7, 11) is -3.29. The number of rotatable bonds is 8. The Morgan fingerprint density at radius 2 is 1.58 bits per heavy atom. The Labute approximate surface area is 156 Å². The lowest BCUT2D eigenvalue weighted by atomic mass is 10.1. The molecule has 2 aromatic rings. The molecule has 0 unspecified atom stereocenters. The van der Waals surface area contributed by atoms with Gasteiger partial charge in [-0.2, -0.15) is 0 Å². The SMILES string of the molecule is CCNC(=NCc1ccccc1CC)NCCS(=O)(=O)c1ccccc1. The van der Waals surface area contributed by atoms with Crippen molar-refractivity contribution in [3.05, 3.63) is 65.7 Å². The first-order chi connectivity index (χ1) is 12.6. The molecule has 0 aliphatic heterocycles. The van der Waals surface area contributed by atoms with Crippen molar-refractivity contribution in [3.63, 3.8) is 0 Å². The molecule has 2 N–H and O–H groups in total. The minimum atomic E-state index is -3.29. The highest BCUT2D eigenvalue weighted by atomic mass is 32.2. The second kappa shape index (κ2) is 9.97. The number of hydrogen-bond donors (Lipinski definition) is 2. The van der Waals surface area contributed by atoms with Gasteiger partial charge in [-0.1, -0.05) is 49.4 Å². The van der Waals surface area contributed by atoms with Crippen LogP contribution in [0.2, 0.25) is 0 Å². The van der Waals surface area contributed by atoms with Crippen molar-refractivity contribution in [2.75, 3.05) is 18.8 Å². The zero-order valence-corrected chi connectivity index (χ0v) is 16.2. The van der Waals surface area contributed by atoms with E-state index in [0.29, 0.717) is 30.5 Å². The van der Waals surface area contributed by atoms with Crippen LogP contribution in [-0.2, 0) is 22.8 Å². The van der Waals surface area contributed by atoms with Crippen LogP contribution < -0.4 is 10.6 Å². The van der Waals surface area contributed by atoms with E-state index in [0.717, 1.165) is 6.42 Å². The van der Waals surface area contributed by atoms with Crippen LogP contribution in [0.25, 0.3) is 0 Å². The Hall–Kier alpha value is -2.34. The van der Waals surface area contributed by atoms with Crippen molar-refractivity contribution in [1.82, 2.24) is 10.6 Å². The number of sulfone groups is 1. The molecule has 140 valence electrons. The average molecular weight is 374 g/mol. The molecule has 0 aliphatic rings. The molecule has 0 bridgehead atoms. The molecule has 2 rings (SSSR count). The van der Waals surface area contributed by atoms with Gasteiger partial charge in [0, 0.05) is 13.1 Å². The third-order valence-electron chi connectivity index (χ3n) is 4.02. The Bertz CT molecular complexity index is 818. The van der Waals surface area contributed by atoms with E-state index in [9.17, 15) is 8.42 Å². The monoisotopic (exact) mass is 373 g/mol. The lowest BCUT2D eigenvalue weighted by Gasteiger charge is -2.12. The molecule has 0 aromatic heterocycles. The summed E-state index contributed by atoms with van der Waals surface area (Å²) >= 11 is 0. The van der Waals surface area contributed by atoms with Gasteiger partial charge in [0.2, 0.25) is 0 Å². The number of nitrogens with one attached hydrogen (secondary N) is 2. The molecule has 5 nitrogen and oxygen atoms in total. The minimum absolute atomic E-state index is 0.0208. The van der Waals surface area contributed by atoms with Gasteiger partial charge >= 0.3 is 0 Å². The lowest BCUT2D eigenvalue weighted by Crippen LogP contribution is -2.39. The smallest absolute Gasteiger partial charge is 0.191 e.